The lowest BCUT2D eigenvalue weighted by atomic mass is 9.97. The number of halogens is 1. The Labute approximate surface area is 223 Å². The van der Waals surface area contributed by atoms with Gasteiger partial charge in [-0.05, 0) is 69.9 Å². The molecule has 0 bridgehead atoms. The molecule has 0 radical (unpaired) electrons. The monoisotopic (exact) mass is 525 g/mol. The van der Waals surface area contributed by atoms with Gasteiger partial charge in [0, 0.05) is 53.6 Å². The minimum absolute atomic E-state index is 0.201. The Morgan fingerprint density at radius 2 is 1.92 bits per heavy atom. The van der Waals surface area contributed by atoms with Crippen LogP contribution in [0.25, 0.3) is 11.0 Å². The molecule has 0 saturated carbocycles. The molecule has 0 aliphatic carbocycles. The summed E-state index contributed by atoms with van der Waals surface area (Å²) in [6.07, 6.45) is 1.87. The SMILES string of the molecule is CC(C)c1cc2cc(Cl)cc(Cc3cccc(C(=O)NCC4CCN(C(=O)OC(C)(C)C)CC4)n3)c2o1. The van der Waals surface area contributed by atoms with Gasteiger partial charge in [-0.2, -0.15) is 0 Å². The van der Waals surface area contributed by atoms with Crippen LogP contribution in [0.1, 0.15) is 80.9 Å². The van der Waals surface area contributed by atoms with E-state index in [1.54, 1.807) is 11.0 Å². The van der Waals surface area contributed by atoms with Gasteiger partial charge < -0.3 is 19.4 Å². The van der Waals surface area contributed by atoms with Crippen molar-refractivity contribution in [3.8, 4) is 0 Å². The van der Waals surface area contributed by atoms with E-state index in [-0.39, 0.29) is 17.9 Å². The summed E-state index contributed by atoms with van der Waals surface area (Å²) < 4.78 is 11.6. The first kappa shape index (κ1) is 27.0. The third-order valence-corrected chi connectivity index (χ3v) is 6.69. The zero-order valence-corrected chi connectivity index (χ0v) is 23.0. The highest BCUT2D eigenvalue weighted by molar-refractivity contribution is 6.31. The number of pyridine rings is 1. The van der Waals surface area contributed by atoms with Gasteiger partial charge in [0.2, 0.25) is 0 Å². The maximum atomic E-state index is 12.9. The van der Waals surface area contributed by atoms with Crippen molar-refractivity contribution in [1.82, 2.24) is 15.2 Å². The number of fused-ring (bicyclic) bond motifs is 1. The molecule has 0 atom stereocenters. The van der Waals surface area contributed by atoms with Crippen LogP contribution in [0.2, 0.25) is 5.02 Å². The zero-order chi connectivity index (χ0) is 26.7. The topological polar surface area (TPSA) is 84.7 Å². The van der Waals surface area contributed by atoms with Crippen LogP contribution in [0.5, 0.6) is 0 Å². The van der Waals surface area contributed by atoms with Crippen LogP contribution < -0.4 is 5.32 Å². The zero-order valence-electron chi connectivity index (χ0n) is 22.3. The van der Waals surface area contributed by atoms with Gasteiger partial charge in [0.05, 0.1) is 0 Å². The summed E-state index contributed by atoms with van der Waals surface area (Å²) in [4.78, 5) is 31.5. The van der Waals surface area contributed by atoms with Crippen molar-refractivity contribution >= 4 is 34.6 Å². The molecule has 7 nitrogen and oxygen atoms in total. The lowest BCUT2D eigenvalue weighted by molar-refractivity contribution is 0.0183. The van der Waals surface area contributed by atoms with E-state index in [9.17, 15) is 9.59 Å². The van der Waals surface area contributed by atoms with Crippen LogP contribution in [0.15, 0.2) is 40.8 Å². The molecule has 2 amide bonds. The third-order valence-electron chi connectivity index (χ3n) is 6.47. The molecular formula is C29H36ClN3O4. The number of hydrogen-bond donors (Lipinski definition) is 1. The molecule has 2 aromatic heterocycles. The lowest BCUT2D eigenvalue weighted by Gasteiger charge is -2.33. The van der Waals surface area contributed by atoms with Gasteiger partial charge in [-0.3, -0.25) is 4.79 Å². The summed E-state index contributed by atoms with van der Waals surface area (Å²) in [5.41, 5.74) is 2.39. The molecule has 1 saturated heterocycles. The van der Waals surface area contributed by atoms with Crippen molar-refractivity contribution in [2.75, 3.05) is 19.6 Å². The van der Waals surface area contributed by atoms with Gasteiger partial charge in [-0.1, -0.05) is 31.5 Å². The lowest BCUT2D eigenvalue weighted by Crippen LogP contribution is -2.43. The molecule has 4 rings (SSSR count). The van der Waals surface area contributed by atoms with Gasteiger partial charge in [-0.25, -0.2) is 9.78 Å². The van der Waals surface area contributed by atoms with Gasteiger partial charge >= 0.3 is 6.09 Å². The molecule has 1 aromatic carbocycles. The van der Waals surface area contributed by atoms with Crippen molar-refractivity contribution in [3.63, 3.8) is 0 Å². The van der Waals surface area contributed by atoms with Gasteiger partial charge in [0.15, 0.2) is 0 Å². The second-order valence-corrected chi connectivity index (χ2v) is 11.5. The molecule has 0 unspecified atom stereocenters. The normalized spacial score (nSPS) is 14.8. The smallest absolute Gasteiger partial charge is 0.410 e. The minimum Gasteiger partial charge on any atom is -0.461 e. The average Bonchev–Trinajstić information content (AvgIpc) is 3.27. The third kappa shape index (κ3) is 7.04. The van der Waals surface area contributed by atoms with Crippen LogP contribution in [-0.2, 0) is 11.2 Å². The molecule has 8 heteroatoms. The molecule has 37 heavy (non-hydrogen) atoms. The Hall–Kier alpha value is -3.06. The molecule has 3 heterocycles. The Kier molecular flexibility index (Phi) is 8.12. The van der Waals surface area contributed by atoms with Gasteiger partial charge in [-0.15, -0.1) is 0 Å². The number of piperidine rings is 1. The number of hydrogen-bond acceptors (Lipinski definition) is 5. The Morgan fingerprint density at radius 3 is 2.59 bits per heavy atom. The molecule has 198 valence electrons. The van der Waals surface area contributed by atoms with Crippen molar-refractivity contribution in [2.24, 2.45) is 5.92 Å². The number of ether oxygens (including phenoxy) is 1. The second-order valence-electron chi connectivity index (χ2n) is 11.1. The number of carbonyl (C=O) groups excluding carboxylic acids is 2. The molecular weight excluding hydrogens is 490 g/mol. The van der Waals surface area contributed by atoms with Crippen LogP contribution in [0.4, 0.5) is 4.79 Å². The van der Waals surface area contributed by atoms with E-state index in [0.29, 0.717) is 42.7 Å². The molecule has 1 aliphatic heterocycles. The van der Waals surface area contributed by atoms with E-state index in [1.165, 1.54) is 0 Å². The number of likely N-dealkylation sites (tertiary alicyclic amines) is 1. The first-order valence-corrected chi connectivity index (χ1v) is 13.3. The summed E-state index contributed by atoms with van der Waals surface area (Å²) in [7, 11) is 0. The highest BCUT2D eigenvalue weighted by atomic mass is 35.5. The highest BCUT2D eigenvalue weighted by Gasteiger charge is 2.27. The van der Waals surface area contributed by atoms with Gasteiger partial charge in [0.1, 0.15) is 22.6 Å². The number of carbonyl (C=O) groups is 2. The number of aromatic nitrogens is 1. The van der Waals surface area contributed by atoms with E-state index < -0.39 is 5.60 Å². The predicted octanol–water partition coefficient (Wildman–Crippen LogP) is 6.57. The number of furan rings is 1. The maximum absolute atomic E-state index is 12.9. The van der Waals surface area contributed by atoms with E-state index in [1.807, 2.05) is 51.1 Å². The Bertz CT molecular complexity index is 1270. The fourth-order valence-corrected chi connectivity index (χ4v) is 4.74. The van der Waals surface area contributed by atoms with Crippen molar-refractivity contribution < 1.29 is 18.7 Å². The summed E-state index contributed by atoms with van der Waals surface area (Å²) >= 11 is 6.38. The minimum atomic E-state index is -0.503. The first-order chi connectivity index (χ1) is 17.5. The van der Waals surface area contributed by atoms with E-state index in [4.69, 9.17) is 20.8 Å². The van der Waals surface area contributed by atoms with E-state index in [2.05, 4.69) is 24.1 Å². The average molecular weight is 526 g/mol. The molecule has 0 spiro atoms. The number of nitrogens with zero attached hydrogens (tertiary/aromatic N) is 2. The van der Waals surface area contributed by atoms with E-state index >= 15 is 0 Å². The molecule has 1 fully saturated rings. The fraction of sp³-hybridized carbons (Fsp3) is 0.483. The quantitative estimate of drug-likeness (QED) is 0.393. The van der Waals surface area contributed by atoms with Crippen molar-refractivity contribution in [2.45, 2.75) is 65.4 Å². The fourth-order valence-electron chi connectivity index (χ4n) is 4.49. The Balaban J connectivity index is 1.35. The summed E-state index contributed by atoms with van der Waals surface area (Å²) in [5, 5.41) is 4.63. The highest BCUT2D eigenvalue weighted by Crippen LogP contribution is 2.31. The van der Waals surface area contributed by atoms with Crippen LogP contribution in [-0.4, -0.2) is 47.1 Å². The number of nitrogens with one attached hydrogen (secondary N) is 1. The van der Waals surface area contributed by atoms with Crippen molar-refractivity contribution in [3.05, 3.63) is 64.1 Å². The summed E-state index contributed by atoms with van der Waals surface area (Å²) in [5.74, 6) is 1.29. The number of benzene rings is 1. The maximum Gasteiger partial charge on any atom is 0.410 e. The van der Waals surface area contributed by atoms with Gasteiger partial charge in [0.25, 0.3) is 5.91 Å². The largest absolute Gasteiger partial charge is 0.461 e. The molecule has 1 aliphatic rings. The number of rotatable bonds is 6. The standard InChI is InChI=1S/C29H36ClN3O4/c1-18(2)25-16-21-14-22(30)13-20(26(21)36-25)15-23-7-6-8-24(32-23)27(34)31-17-19-9-11-33(12-10-19)28(35)37-29(3,4)5/h6-8,13-14,16,18-19H,9-12,15,17H2,1-5H3,(H,31,34). The van der Waals surface area contributed by atoms with Crippen LogP contribution in [0.3, 0.4) is 0 Å². The number of amides is 2. The molecule has 1 N–H and O–H groups in total. The summed E-state index contributed by atoms with van der Waals surface area (Å²) in [6.45, 7) is 11.6. The Morgan fingerprint density at radius 1 is 1.19 bits per heavy atom. The predicted molar refractivity (Wildman–Crippen MR) is 145 cm³/mol. The first-order valence-electron chi connectivity index (χ1n) is 12.9. The van der Waals surface area contributed by atoms with E-state index in [0.717, 1.165) is 40.8 Å². The van der Waals surface area contributed by atoms with Crippen LogP contribution in [0, 0.1) is 5.92 Å². The summed E-state index contributed by atoms with van der Waals surface area (Å²) in [6, 6.07) is 11.3. The van der Waals surface area contributed by atoms with Crippen LogP contribution >= 0.6 is 11.6 Å². The second kappa shape index (κ2) is 11.1. The van der Waals surface area contributed by atoms with Crippen molar-refractivity contribution in [1.29, 1.82) is 0 Å². The molecule has 3 aromatic rings.